The van der Waals surface area contributed by atoms with Crippen molar-refractivity contribution in [1.82, 2.24) is 14.9 Å². The summed E-state index contributed by atoms with van der Waals surface area (Å²) >= 11 is 0. The second-order valence-electron chi connectivity index (χ2n) is 7.42. The third kappa shape index (κ3) is 6.03. The summed E-state index contributed by atoms with van der Waals surface area (Å²) in [5.41, 5.74) is 0.935. The van der Waals surface area contributed by atoms with Crippen molar-refractivity contribution in [2.75, 3.05) is 33.2 Å². The van der Waals surface area contributed by atoms with Crippen LogP contribution in [0.25, 0.3) is 0 Å². The van der Waals surface area contributed by atoms with Gasteiger partial charge in [0.25, 0.3) is 0 Å². The SMILES string of the molecule is CN=C(NCCc1cccc(F)c1)NCC1CCN(S(=O)(=O)c2ccccc2)CC1. The van der Waals surface area contributed by atoms with E-state index in [0.29, 0.717) is 42.8 Å². The first-order chi connectivity index (χ1) is 14.5. The lowest BCUT2D eigenvalue weighted by Gasteiger charge is -2.31. The first-order valence-electron chi connectivity index (χ1n) is 10.2. The van der Waals surface area contributed by atoms with E-state index in [1.54, 1.807) is 41.7 Å². The summed E-state index contributed by atoms with van der Waals surface area (Å²) in [6, 6.07) is 15.2. The number of hydrogen-bond donors (Lipinski definition) is 2. The molecule has 0 aliphatic carbocycles. The van der Waals surface area contributed by atoms with E-state index in [0.717, 1.165) is 24.9 Å². The summed E-state index contributed by atoms with van der Waals surface area (Å²) in [4.78, 5) is 4.58. The molecule has 2 aromatic carbocycles. The highest BCUT2D eigenvalue weighted by Crippen LogP contribution is 2.23. The average molecular weight is 433 g/mol. The smallest absolute Gasteiger partial charge is 0.243 e. The molecule has 0 radical (unpaired) electrons. The van der Waals surface area contributed by atoms with E-state index in [9.17, 15) is 12.8 Å². The molecular formula is C22H29FN4O2S. The van der Waals surface area contributed by atoms with Crippen LogP contribution in [0.1, 0.15) is 18.4 Å². The fourth-order valence-electron chi connectivity index (χ4n) is 3.57. The predicted molar refractivity (Wildman–Crippen MR) is 117 cm³/mol. The van der Waals surface area contributed by atoms with Gasteiger partial charge in [0.15, 0.2) is 5.96 Å². The van der Waals surface area contributed by atoms with Crippen LogP contribution in [0.4, 0.5) is 4.39 Å². The summed E-state index contributed by atoms with van der Waals surface area (Å²) in [5.74, 6) is 0.857. The molecular weight excluding hydrogens is 403 g/mol. The Bertz CT molecular complexity index is 943. The van der Waals surface area contributed by atoms with Crippen LogP contribution in [0.15, 0.2) is 64.5 Å². The Morgan fingerprint density at radius 1 is 1.10 bits per heavy atom. The second-order valence-corrected chi connectivity index (χ2v) is 9.36. The van der Waals surface area contributed by atoms with Gasteiger partial charge in [-0.2, -0.15) is 4.31 Å². The minimum atomic E-state index is -3.41. The van der Waals surface area contributed by atoms with Crippen LogP contribution in [0.2, 0.25) is 0 Å². The zero-order valence-electron chi connectivity index (χ0n) is 17.2. The van der Waals surface area contributed by atoms with Crippen molar-refractivity contribution in [3.8, 4) is 0 Å². The molecule has 1 fully saturated rings. The van der Waals surface area contributed by atoms with Crippen LogP contribution < -0.4 is 10.6 Å². The topological polar surface area (TPSA) is 73.8 Å². The number of piperidine rings is 1. The third-order valence-corrected chi connectivity index (χ3v) is 7.24. The number of rotatable bonds is 7. The van der Waals surface area contributed by atoms with Gasteiger partial charge in [0.1, 0.15) is 5.82 Å². The van der Waals surface area contributed by atoms with E-state index in [1.165, 1.54) is 12.1 Å². The number of sulfonamides is 1. The second kappa shape index (κ2) is 10.5. The van der Waals surface area contributed by atoms with Crippen LogP contribution in [0.5, 0.6) is 0 Å². The van der Waals surface area contributed by atoms with E-state index >= 15 is 0 Å². The lowest BCUT2D eigenvalue weighted by molar-refractivity contribution is 0.273. The van der Waals surface area contributed by atoms with Crippen LogP contribution in [-0.4, -0.2) is 51.9 Å². The van der Waals surface area contributed by atoms with Crippen molar-refractivity contribution in [2.24, 2.45) is 10.9 Å². The van der Waals surface area contributed by atoms with Crippen LogP contribution >= 0.6 is 0 Å². The van der Waals surface area contributed by atoms with Gasteiger partial charge in [0, 0.05) is 33.2 Å². The van der Waals surface area contributed by atoms with Crippen LogP contribution in [-0.2, 0) is 16.4 Å². The van der Waals surface area contributed by atoms with Gasteiger partial charge in [-0.3, -0.25) is 4.99 Å². The molecule has 2 N–H and O–H groups in total. The fourth-order valence-corrected chi connectivity index (χ4v) is 5.07. The minimum Gasteiger partial charge on any atom is -0.356 e. The lowest BCUT2D eigenvalue weighted by atomic mass is 9.98. The number of aliphatic imine (C=N–C) groups is 1. The summed E-state index contributed by atoms with van der Waals surface area (Å²) in [5, 5.41) is 6.56. The van der Waals surface area contributed by atoms with Crippen molar-refractivity contribution in [1.29, 1.82) is 0 Å². The molecule has 0 bridgehead atoms. The first-order valence-corrected chi connectivity index (χ1v) is 11.7. The molecule has 0 atom stereocenters. The third-order valence-electron chi connectivity index (χ3n) is 5.33. The van der Waals surface area contributed by atoms with Gasteiger partial charge in [0.2, 0.25) is 10.0 Å². The van der Waals surface area contributed by atoms with Gasteiger partial charge < -0.3 is 10.6 Å². The van der Waals surface area contributed by atoms with Crippen LogP contribution in [0, 0.1) is 11.7 Å². The van der Waals surface area contributed by atoms with Crippen molar-refractivity contribution < 1.29 is 12.8 Å². The van der Waals surface area contributed by atoms with E-state index in [-0.39, 0.29) is 5.82 Å². The monoisotopic (exact) mass is 432 g/mol. The molecule has 6 nitrogen and oxygen atoms in total. The van der Waals surface area contributed by atoms with Gasteiger partial charge in [-0.05, 0) is 55.0 Å². The molecule has 2 aromatic rings. The Morgan fingerprint density at radius 2 is 1.83 bits per heavy atom. The van der Waals surface area contributed by atoms with Gasteiger partial charge >= 0.3 is 0 Å². The highest BCUT2D eigenvalue weighted by atomic mass is 32.2. The van der Waals surface area contributed by atoms with E-state index in [1.807, 2.05) is 12.1 Å². The number of hydrogen-bond acceptors (Lipinski definition) is 3. The lowest BCUT2D eigenvalue weighted by Crippen LogP contribution is -2.44. The Labute approximate surface area is 178 Å². The fraction of sp³-hybridized carbons (Fsp3) is 0.409. The molecule has 1 heterocycles. The Hall–Kier alpha value is -2.45. The molecule has 30 heavy (non-hydrogen) atoms. The molecule has 1 aliphatic rings. The van der Waals surface area contributed by atoms with Crippen molar-refractivity contribution >= 4 is 16.0 Å². The number of nitrogens with one attached hydrogen (secondary N) is 2. The number of nitrogens with zero attached hydrogens (tertiary/aromatic N) is 2. The molecule has 3 rings (SSSR count). The molecule has 8 heteroatoms. The van der Waals surface area contributed by atoms with Crippen molar-refractivity contribution in [3.63, 3.8) is 0 Å². The van der Waals surface area contributed by atoms with E-state index < -0.39 is 10.0 Å². The molecule has 0 amide bonds. The highest BCUT2D eigenvalue weighted by molar-refractivity contribution is 7.89. The summed E-state index contributed by atoms with van der Waals surface area (Å²) in [6.45, 7) is 2.43. The Balaban J connectivity index is 1.41. The standard InChI is InChI=1S/C22H29FN4O2S/c1-24-22(25-13-10-18-6-5-7-20(23)16-18)26-17-19-11-14-27(15-12-19)30(28,29)21-8-3-2-4-9-21/h2-9,16,19H,10-15,17H2,1H3,(H2,24,25,26). The number of guanidine groups is 1. The maximum Gasteiger partial charge on any atom is 0.243 e. The molecule has 0 spiro atoms. The molecule has 0 aromatic heterocycles. The minimum absolute atomic E-state index is 0.226. The quantitative estimate of drug-likeness (QED) is 0.521. The first kappa shape index (κ1) is 22.2. The zero-order valence-corrected chi connectivity index (χ0v) is 18.0. The molecule has 162 valence electrons. The molecule has 1 saturated heterocycles. The van der Waals surface area contributed by atoms with Gasteiger partial charge in [0.05, 0.1) is 4.90 Å². The summed E-state index contributed by atoms with van der Waals surface area (Å²) in [7, 11) is -1.70. The van der Waals surface area contributed by atoms with Crippen molar-refractivity contribution in [2.45, 2.75) is 24.2 Å². The summed E-state index contributed by atoms with van der Waals surface area (Å²) < 4.78 is 40.3. The molecule has 0 saturated carbocycles. The Kier molecular flexibility index (Phi) is 7.81. The molecule has 0 unspecified atom stereocenters. The Morgan fingerprint density at radius 3 is 2.50 bits per heavy atom. The zero-order chi connectivity index (χ0) is 21.4. The number of halogens is 1. The average Bonchev–Trinajstić information content (AvgIpc) is 2.77. The molecule has 1 aliphatic heterocycles. The summed E-state index contributed by atoms with van der Waals surface area (Å²) in [6.07, 6.45) is 2.31. The van der Waals surface area contributed by atoms with Gasteiger partial charge in [-0.15, -0.1) is 0 Å². The number of benzene rings is 2. The van der Waals surface area contributed by atoms with Crippen LogP contribution in [0.3, 0.4) is 0 Å². The predicted octanol–water partition coefficient (Wildman–Crippen LogP) is 2.63. The van der Waals surface area contributed by atoms with Gasteiger partial charge in [-0.1, -0.05) is 30.3 Å². The maximum absolute atomic E-state index is 13.2. The largest absolute Gasteiger partial charge is 0.356 e. The highest BCUT2D eigenvalue weighted by Gasteiger charge is 2.29. The normalized spacial score (nSPS) is 16.4. The van der Waals surface area contributed by atoms with E-state index in [2.05, 4.69) is 15.6 Å². The van der Waals surface area contributed by atoms with E-state index in [4.69, 9.17) is 0 Å². The van der Waals surface area contributed by atoms with Crippen molar-refractivity contribution in [3.05, 3.63) is 66.0 Å². The maximum atomic E-state index is 13.2. The van der Waals surface area contributed by atoms with Gasteiger partial charge in [-0.25, -0.2) is 12.8 Å².